The van der Waals surface area contributed by atoms with Gasteiger partial charge in [0.25, 0.3) is 0 Å². The summed E-state index contributed by atoms with van der Waals surface area (Å²) in [6.07, 6.45) is 7.92. The number of hydrogen-bond acceptors (Lipinski definition) is 3. The number of nitrogens with zero attached hydrogens (tertiary/aromatic N) is 3. The van der Waals surface area contributed by atoms with Crippen molar-refractivity contribution in [3.8, 4) is 17.2 Å². The first-order valence-corrected chi connectivity index (χ1v) is 8.71. The number of carbonyl (C=O) groups excluding carboxylic acids is 1. The van der Waals surface area contributed by atoms with E-state index in [-0.39, 0.29) is 6.03 Å². The zero-order valence-electron chi connectivity index (χ0n) is 14.2. The van der Waals surface area contributed by atoms with Crippen LogP contribution in [0.5, 0.6) is 0 Å². The lowest BCUT2D eigenvalue weighted by molar-refractivity contribution is 0.0173. The summed E-state index contributed by atoms with van der Waals surface area (Å²) >= 11 is 0. The zero-order valence-corrected chi connectivity index (χ0v) is 14.2. The second-order valence-electron chi connectivity index (χ2n) is 6.92. The first kappa shape index (κ1) is 15.6. The van der Waals surface area contributed by atoms with E-state index < -0.39 is 0 Å². The van der Waals surface area contributed by atoms with Gasteiger partial charge in [-0.1, -0.05) is 6.07 Å². The molecule has 0 aliphatic carbocycles. The predicted molar refractivity (Wildman–Crippen MR) is 96.0 cm³/mol. The molecule has 2 amide bonds. The summed E-state index contributed by atoms with van der Waals surface area (Å²) in [6, 6.07) is 10.6. The maximum atomic E-state index is 12.6. The summed E-state index contributed by atoms with van der Waals surface area (Å²) in [5, 5.41) is 12.1. The fraction of sp³-hybridized carbons (Fsp3) is 0.350. The lowest BCUT2D eigenvalue weighted by atomic mass is 9.80. The molecule has 0 saturated carbocycles. The highest BCUT2D eigenvalue weighted by atomic mass is 16.2. The predicted octanol–water partition coefficient (Wildman–Crippen LogP) is 4.09. The molecule has 2 aliphatic heterocycles. The quantitative estimate of drug-likeness (QED) is 0.900. The van der Waals surface area contributed by atoms with Crippen LogP contribution in [-0.4, -0.2) is 28.0 Å². The van der Waals surface area contributed by atoms with Gasteiger partial charge in [-0.05, 0) is 61.9 Å². The van der Waals surface area contributed by atoms with Crippen molar-refractivity contribution in [2.24, 2.45) is 0 Å². The molecule has 2 aromatic rings. The van der Waals surface area contributed by atoms with E-state index in [0.29, 0.717) is 17.6 Å². The van der Waals surface area contributed by atoms with Gasteiger partial charge < -0.3 is 10.2 Å². The minimum absolute atomic E-state index is 0.000321. The van der Waals surface area contributed by atoms with E-state index in [0.717, 1.165) is 41.6 Å². The highest BCUT2D eigenvalue weighted by Crippen LogP contribution is 2.38. The molecule has 2 atom stereocenters. The van der Waals surface area contributed by atoms with Crippen LogP contribution in [0.4, 0.5) is 10.5 Å². The summed E-state index contributed by atoms with van der Waals surface area (Å²) in [4.78, 5) is 18.7. The van der Waals surface area contributed by atoms with Crippen molar-refractivity contribution < 1.29 is 4.79 Å². The molecule has 126 valence electrons. The minimum atomic E-state index is -0.000321. The Morgan fingerprint density at radius 2 is 2.08 bits per heavy atom. The molecular weight excluding hydrogens is 312 g/mol. The first-order valence-electron chi connectivity index (χ1n) is 8.71. The molecule has 0 spiro atoms. The Labute approximate surface area is 147 Å². The SMILES string of the molecule is Cc1ccc(NC(=O)N2C3CCCC2C3)cc1-c1cncc(C#N)c1. The lowest BCUT2D eigenvalue weighted by Gasteiger charge is -2.52. The molecule has 5 heteroatoms. The lowest BCUT2D eigenvalue weighted by Crippen LogP contribution is -2.62. The highest BCUT2D eigenvalue weighted by molar-refractivity contribution is 5.91. The number of benzene rings is 1. The number of anilines is 1. The van der Waals surface area contributed by atoms with Crippen LogP contribution in [-0.2, 0) is 0 Å². The smallest absolute Gasteiger partial charge is 0.318 e. The first-order chi connectivity index (χ1) is 12.2. The average molecular weight is 332 g/mol. The average Bonchev–Trinajstić information content (AvgIpc) is 2.64. The van der Waals surface area contributed by atoms with Crippen LogP contribution in [0.15, 0.2) is 36.7 Å². The van der Waals surface area contributed by atoms with Crippen molar-refractivity contribution in [2.75, 3.05) is 5.32 Å². The van der Waals surface area contributed by atoms with Gasteiger partial charge in [-0.15, -0.1) is 0 Å². The summed E-state index contributed by atoms with van der Waals surface area (Å²) in [6.45, 7) is 2.01. The van der Waals surface area contributed by atoms with E-state index in [2.05, 4.69) is 16.4 Å². The summed E-state index contributed by atoms with van der Waals surface area (Å²) < 4.78 is 0. The number of carbonyl (C=O) groups is 1. The molecule has 5 nitrogen and oxygen atoms in total. The number of aryl methyl sites for hydroxylation is 1. The van der Waals surface area contributed by atoms with Gasteiger partial charge in [-0.3, -0.25) is 4.98 Å². The van der Waals surface area contributed by atoms with Gasteiger partial charge >= 0.3 is 6.03 Å². The van der Waals surface area contributed by atoms with Crippen molar-refractivity contribution in [1.29, 1.82) is 5.26 Å². The summed E-state index contributed by atoms with van der Waals surface area (Å²) in [7, 11) is 0. The number of fused-ring (bicyclic) bond motifs is 2. The maximum Gasteiger partial charge on any atom is 0.322 e. The molecule has 1 aromatic heterocycles. The van der Waals surface area contributed by atoms with E-state index in [1.165, 1.54) is 6.42 Å². The molecule has 2 saturated heterocycles. The maximum absolute atomic E-state index is 12.6. The van der Waals surface area contributed by atoms with Gasteiger partial charge in [0.2, 0.25) is 0 Å². The van der Waals surface area contributed by atoms with Crippen molar-refractivity contribution in [2.45, 2.75) is 44.7 Å². The number of urea groups is 1. The van der Waals surface area contributed by atoms with E-state index >= 15 is 0 Å². The molecule has 2 bridgehead atoms. The number of piperidine rings is 1. The second kappa shape index (κ2) is 6.21. The van der Waals surface area contributed by atoms with Crippen LogP contribution in [0.2, 0.25) is 0 Å². The molecule has 0 radical (unpaired) electrons. The standard InChI is InChI=1S/C20H20N4O/c1-13-5-6-16(8-19(13)15-7-14(10-21)11-22-12-15)23-20(25)24-17-3-2-4-18(24)9-17/h5-8,11-12,17-18H,2-4,9H2,1H3,(H,23,25). The number of hydrogen-bond donors (Lipinski definition) is 1. The summed E-state index contributed by atoms with van der Waals surface area (Å²) in [5.41, 5.74) is 4.24. The highest BCUT2D eigenvalue weighted by Gasteiger charge is 2.44. The van der Waals surface area contributed by atoms with Gasteiger partial charge in [0.15, 0.2) is 0 Å². The van der Waals surface area contributed by atoms with Crippen molar-refractivity contribution in [3.63, 3.8) is 0 Å². The Hall–Kier alpha value is -2.87. The largest absolute Gasteiger partial charge is 0.322 e. The zero-order chi connectivity index (χ0) is 17.4. The van der Waals surface area contributed by atoms with Crippen molar-refractivity contribution in [1.82, 2.24) is 9.88 Å². The van der Waals surface area contributed by atoms with Crippen LogP contribution in [0.25, 0.3) is 11.1 Å². The Kier molecular flexibility index (Phi) is 3.89. The van der Waals surface area contributed by atoms with Gasteiger partial charge in [0.05, 0.1) is 5.56 Å². The van der Waals surface area contributed by atoms with E-state index in [1.54, 1.807) is 12.4 Å². The monoisotopic (exact) mass is 332 g/mol. The molecule has 1 aromatic carbocycles. The van der Waals surface area contributed by atoms with E-state index in [9.17, 15) is 4.79 Å². The van der Waals surface area contributed by atoms with Gasteiger partial charge in [0.1, 0.15) is 6.07 Å². The van der Waals surface area contributed by atoms with Crippen molar-refractivity contribution >= 4 is 11.7 Å². The molecular formula is C20H20N4O. The third-order valence-corrected chi connectivity index (χ3v) is 5.31. The van der Waals surface area contributed by atoms with Crippen LogP contribution >= 0.6 is 0 Å². The second-order valence-corrected chi connectivity index (χ2v) is 6.92. The number of pyridine rings is 1. The molecule has 1 N–H and O–H groups in total. The third kappa shape index (κ3) is 2.85. The molecule has 25 heavy (non-hydrogen) atoms. The van der Waals surface area contributed by atoms with Crippen LogP contribution in [0.3, 0.4) is 0 Å². The van der Waals surface area contributed by atoms with Gasteiger partial charge in [-0.25, -0.2) is 4.79 Å². The molecule has 2 unspecified atom stereocenters. The van der Waals surface area contributed by atoms with Crippen LogP contribution in [0.1, 0.15) is 36.8 Å². The fourth-order valence-electron chi connectivity index (χ4n) is 3.98. The number of aromatic nitrogens is 1. The molecule has 2 fully saturated rings. The number of amides is 2. The summed E-state index contributed by atoms with van der Waals surface area (Å²) in [5.74, 6) is 0. The van der Waals surface area contributed by atoms with E-state index in [4.69, 9.17) is 5.26 Å². The van der Waals surface area contributed by atoms with Crippen molar-refractivity contribution in [3.05, 3.63) is 47.8 Å². The minimum Gasteiger partial charge on any atom is -0.318 e. The van der Waals surface area contributed by atoms with Gasteiger partial charge in [-0.2, -0.15) is 5.26 Å². The van der Waals surface area contributed by atoms with E-state index in [1.807, 2.05) is 36.1 Å². The Bertz CT molecular complexity index is 856. The van der Waals surface area contributed by atoms with Crippen LogP contribution < -0.4 is 5.32 Å². The Morgan fingerprint density at radius 3 is 2.80 bits per heavy atom. The van der Waals surface area contributed by atoms with Crippen LogP contribution in [0, 0.1) is 18.3 Å². The molecule has 4 rings (SSSR count). The number of nitrogens with one attached hydrogen (secondary N) is 1. The topological polar surface area (TPSA) is 69.0 Å². The molecule has 3 heterocycles. The normalized spacial score (nSPS) is 21.2. The van der Waals surface area contributed by atoms with Gasteiger partial charge in [0, 0.05) is 35.7 Å². The number of rotatable bonds is 2. The fourth-order valence-corrected chi connectivity index (χ4v) is 3.98. The third-order valence-electron chi connectivity index (χ3n) is 5.31. The Morgan fingerprint density at radius 1 is 1.28 bits per heavy atom. The molecule has 2 aliphatic rings. The number of nitriles is 1. The Balaban J connectivity index is 1.57.